The number of nitrogens with two attached hydrogens (primary N) is 1. The average molecular weight is 185 g/mol. The number of nitrogens with one attached hydrogen (secondary N) is 1. The van der Waals surface area contributed by atoms with E-state index >= 15 is 0 Å². The standard InChI is InChI=1S/C8H9F2N3/c9-8(10)3-6(8)5-1-2-7(13-11)12-4-5/h1-2,4,6H,3,11H2,(H,12,13). The lowest BCUT2D eigenvalue weighted by Gasteiger charge is -2.00. The molecule has 0 aromatic carbocycles. The summed E-state index contributed by atoms with van der Waals surface area (Å²) < 4.78 is 25.2. The summed E-state index contributed by atoms with van der Waals surface area (Å²) in [5.41, 5.74) is 2.91. The smallest absolute Gasteiger partial charge is 0.255 e. The predicted octanol–water partition coefficient (Wildman–Crippen LogP) is 1.49. The molecule has 0 aliphatic heterocycles. The fourth-order valence-corrected chi connectivity index (χ4v) is 1.27. The van der Waals surface area contributed by atoms with Crippen LogP contribution < -0.4 is 11.3 Å². The molecule has 2 rings (SSSR count). The van der Waals surface area contributed by atoms with Crippen molar-refractivity contribution >= 4 is 5.82 Å². The summed E-state index contributed by atoms with van der Waals surface area (Å²) in [5.74, 6) is 2.39. The summed E-state index contributed by atoms with van der Waals surface area (Å²) in [6, 6.07) is 3.21. The molecule has 3 N–H and O–H groups in total. The minimum absolute atomic E-state index is 0.0654. The molecule has 13 heavy (non-hydrogen) atoms. The number of hydrogen-bond donors (Lipinski definition) is 2. The average Bonchev–Trinajstić information content (AvgIpc) is 2.76. The van der Waals surface area contributed by atoms with Gasteiger partial charge in [-0.3, -0.25) is 0 Å². The van der Waals surface area contributed by atoms with Gasteiger partial charge in [0.2, 0.25) is 0 Å². The molecule has 0 amide bonds. The molecular formula is C8H9F2N3. The summed E-state index contributed by atoms with van der Waals surface area (Å²) in [6.45, 7) is 0. The van der Waals surface area contributed by atoms with Gasteiger partial charge in [0.25, 0.3) is 5.92 Å². The molecule has 1 fully saturated rings. The Bertz CT molecular complexity index is 310. The highest BCUT2D eigenvalue weighted by molar-refractivity contribution is 5.37. The van der Waals surface area contributed by atoms with Crippen LogP contribution in [0.15, 0.2) is 18.3 Å². The summed E-state index contributed by atoms with van der Waals surface area (Å²) in [4.78, 5) is 3.85. The molecule has 3 nitrogen and oxygen atoms in total. The number of alkyl halides is 2. The molecule has 0 spiro atoms. The minimum atomic E-state index is -2.53. The molecule has 1 unspecified atom stereocenters. The van der Waals surface area contributed by atoms with Gasteiger partial charge in [0, 0.05) is 12.6 Å². The van der Waals surface area contributed by atoms with E-state index in [-0.39, 0.29) is 6.42 Å². The normalized spacial score (nSPS) is 24.1. The SMILES string of the molecule is NNc1ccc(C2CC2(F)F)cn1. The Labute approximate surface area is 73.9 Å². The van der Waals surface area contributed by atoms with Gasteiger partial charge in [-0.25, -0.2) is 19.6 Å². The topological polar surface area (TPSA) is 50.9 Å². The van der Waals surface area contributed by atoms with Crippen molar-refractivity contribution in [3.05, 3.63) is 23.9 Å². The molecule has 1 aromatic rings. The second-order valence-electron chi connectivity index (χ2n) is 3.14. The van der Waals surface area contributed by atoms with Crippen LogP contribution in [0.2, 0.25) is 0 Å². The van der Waals surface area contributed by atoms with E-state index in [0.29, 0.717) is 11.4 Å². The largest absolute Gasteiger partial charge is 0.308 e. The Kier molecular flexibility index (Phi) is 1.69. The number of nitrogen functional groups attached to an aromatic ring is 1. The van der Waals surface area contributed by atoms with Gasteiger partial charge in [-0.2, -0.15) is 0 Å². The van der Waals surface area contributed by atoms with E-state index in [4.69, 9.17) is 5.84 Å². The highest BCUT2D eigenvalue weighted by Crippen LogP contribution is 2.55. The van der Waals surface area contributed by atoms with Crippen molar-refractivity contribution in [1.82, 2.24) is 4.98 Å². The van der Waals surface area contributed by atoms with E-state index in [2.05, 4.69) is 10.4 Å². The van der Waals surface area contributed by atoms with Crippen molar-refractivity contribution in [2.24, 2.45) is 5.84 Å². The van der Waals surface area contributed by atoms with Gasteiger partial charge >= 0.3 is 0 Å². The lowest BCUT2D eigenvalue weighted by molar-refractivity contribution is 0.112. The zero-order valence-electron chi connectivity index (χ0n) is 6.80. The summed E-state index contributed by atoms with van der Waals surface area (Å²) >= 11 is 0. The maximum absolute atomic E-state index is 12.6. The monoisotopic (exact) mass is 185 g/mol. The Hall–Kier alpha value is -1.23. The van der Waals surface area contributed by atoms with Crippen molar-refractivity contribution < 1.29 is 8.78 Å². The molecule has 1 saturated carbocycles. The predicted molar refractivity (Wildman–Crippen MR) is 44.4 cm³/mol. The first-order valence-electron chi connectivity index (χ1n) is 3.94. The number of halogens is 2. The van der Waals surface area contributed by atoms with Gasteiger partial charge in [0.1, 0.15) is 5.82 Å². The van der Waals surface area contributed by atoms with Crippen LogP contribution in [0.4, 0.5) is 14.6 Å². The van der Waals surface area contributed by atoms with Gasteiger partial charge in [-0.05, 0) is 11.6 Å². The molecule has 70 valence electrons. The quantitative estimate of drug-likeness (QED) is 0.542. The van der Waals surface area contributed by atoms with Crippen LogP contribution in [0.1, 0.15) is 17.9 Å². The third-order valence-corrected chi connectivity index (χ3v) is 2.16. The molecular weight excluding hydrogens is 176 g/mol. The first-order valence-corrected chi connectivity index (χ1v) is 3.94. The number of hydrazine groups is 1. The lowest BCUT2D eigenvalue weighted by atomic mass is 10.2. The Morgan fingerprint density at radius 1 is 1.54 bits per heavy atom. The van der Waals surface area contributed by atoms with Crippen LogP contribution in [0, 0.1) is 0 Å². The van der Waals surface area contributed by atoms with E-state index in [1.807, 2.05) is 0 Å². The highest BCUT2D eigenvalue weighted by Gasteiger charge is 2.57. The molecule has 0 bridgehead atoms. The molecule has 0 radical (unpaired) electrons. The Morgan fingerprint density at radius 3 is 2.62 bits per heavy atom. The van der Waals surface area contributed by atoms with Crippen LogP contribution in [0.3, 0.4) is 0 Å². The van der Waals surface area contributed by atoms with Crippen molar-refractivity contribution in [1.29, 1.82) is 0 Å². The lowest BCUT2D eigenvalue weighted by Crippen LogP contribution is -2.08. The number of anilines is 1. The summed E-state index contributed by atoms with van der Waals surface area (Å²) in [7, 11) is 0. The molecule has 1 aromatic heterocycles. The van der Waals surface area contributed by atoms with Crippen LogP contribution in [-0.4, -0.2) is 10.9 Å². The van der Waals surface area contributed by atoms with Gasteiger partial charge in [0.05, 0.1) is 5.92 Å². The van der Waals surface area contributed by atoms with Crippen LogP contribution in [-0.2, 0) is 0 Å². The second kappa shape index (κ2) is 2.63. The van der Waals surface area contributed by atoms with E-state index in [1.165, 1.54) is 6.20 Å². The Morgan fingerprint density at radius 2 is 2.23 bits per heavy atom. The second-order valence-corrected chi connectivity index (χ2v) is 3.14. The fourth-order valence-electron chi connectivity index (χ4n) is 1.27. The van der Waals surface area contributed by atoms with Gasteiger partial charge in [-0.1, -0.05) is 6.07 Å². The molecule has 1 aliphatic rings. The molecule has 1 atom stereocenters. The maximum Gasteiger partial charge on any atom is 0.255 e. The highest BCUT2D eigenvalue weighted by atomic mass is 19.3. The Balaban J connectivity index is 2.16. The first kappa shape index (κ1) is 8.37. The molecule has 5 heteroatoms. The van der Waals surface area contributed by atoms with E-state index in [0.717, 1.165) is 0 Å². The van der Waals surface area contributed by atoms with E-state index in [9.17, 15) is 8.78 Å². The van der Waals surface area contributed by atoms with Gasteiger partial charge in [-0.15, -0.1) is 0 Å². The fraction of sp³-hybridized carbons (Fsp3) is 0.375. The number of hydrogen-bond acceptors (Lipinski definition) is 3. The van der Waals surface area contributed by atoms with Crippen LogP contribution in [0.5, 0.6) is 0 Å². The first-order chi connectivity index (χ1) is 6.13. The summed E-state index contributed by atoms with van der Waals surface area (Å²) in [6.07, 6.45) is 1.37. The van der Waals surface area contributed by atoms with Crippen molar-refractivity contribution in [3.63, 3.8) is 0 Å². The maximum atomic E-state index is 12.6. The third-order valence-electron chi connectivity index (χ3n) is 2.16. The molecule has 1 heterocycles. The summed E-state index contributed by atoms with van der Waals surface area (Å²) in [5, 5.41) is 0. The molecule has 0 saturated heterocycles. The number of aromatic nitrogens is 1. The van der Waals surface area contributed by atoms with Gasteiger partial charge in [0.15, 0.2) is 0 Å². The number of nitrogens with zero attached hydrogens (tertiary/aromatic N) is 1. The van der Waals surface area contributed by atoms with E-state index in [1.54, 1.807) is 12.1 Å². The van der Waals surface area contributed by atoms with Crippen molar-refractivity contribution in [3.8, 4) is 0 Å². The van der Waals surface area contributed by atoms with Crippen molar-refractivity contribution in [2.45, 2.75) is 18.3 Å². The minimum Gasteiger partial charge on any atom is -0.308 e. The van der Waals surface area contributed by atoms with Crippen LogP contribution in [0.25, 0.3) is 0 Å². The number of pyridine rings is 1. The van der Waals surface area contributed by atoms with Crippen LogP contribution >= 0.6 is 0 Å². The number of rotatable bonds is 2. The van der Waals surface area contributed by atoms with Gasteiger partial charge < -0.3 is 5.43 Å². The van der Waals surface area contributed by atoms with E-state index < -0.39 is 11.8 Å². The van der Waals surface area contributed by atoms with Crippen molar-refractivity contribution in [2.75, 3.05) is 5.43 Å². The molecule has 1 aliphatic carbocycles. The zero-order chi connectivity index (χ0) is 9.47. The zero-order valence-corrected chi connectivity index (χ0v) is 6.80. The third kappa shape index (κ3) is 1.47.